The fourth-order valence-corrected chi connectivity index (χ4v) is 3.29. The molecule has 1 atom stereocenters. The fraction of sp³-hybridized carbons (Fsp3) is 0.471. The van der Waals surface area contributed by atoms with E-state index in [1.807, 2.05) is 25.1 Å². The summed E-state index contributed by atoms with van der Waals surface area (Å²) >= 11 is 6.32. The van der Waals surface area contributed by atoms with Crippen LogP contribution in [0.2, 0.25) is 5.15 Å². The lowest BCUT2D eigenvalue weighted by Crippen LogP contribution is -2.36. The molecule has 4 heteroatoms. The number of aliphatic hydroxyl groups is 1. The molecule has 1 aromatic heterocycles. The lowest BCUT2D eigenvalue weighted by Gasteiger charge is -2.33. The van der Waals surface area contributed by atoms with E-state index >= 15 is 0 Å². The van der Waals surface area contributed by atoms with E-state index in [-0.39, 0.29) is 6.10 Å². The van der Waals surface area contributed by atoms with Crippen LogP contribution in [-0.2, 0) is 6.54 Å². The molecule has 1 aromatic carbocycles. The van der Waals surface area contributed by atoms with Crippen molar-refractivity contribution in [3.63, 3.8) is 0 Å². The highest BCUT2D eigenvalue weighted by atomic mass is 35.5. The minimum Gasteiger partial charge on any atom is -0.393 e. The first-order valence-electron chi connectivity index (χ1n) is 7.58. The molecule has 0 spiro atoms. The summed E-state index contributed by atoms with van der Waals surface area (Å²) in [4.78, 5) is 6.88. The van der Waals surface area contributed by atoms with Crippen molar-refractivity contribution in [1.82, 2.24) is 9.88 Å². The van der Waals surface area contributed by atoms with Crippen molar-refractivity contribution in [1.29, 1.82) is 0 Å². The summed E-state index contributed by atoms with van der Waals surface area (Å²) in [6, 6.07) is 10.2. The molecule has 2 heterocycles. The molecule has 2 aromatic rings. The van der Waals surface area contributed by atoms with Crippen LogP contribution >= 0.6 is 11.6 Å². The van der Waals surface area contributed by atoms with Gasteiger partial charge in [0.25, 0.3) is 0 Å². The molecule has 0 saturated carbocycles. The minimum absolute atomic E-state index is 0.196. The molecule has 1 aliphatic heterocycles. The third kappa shape index (κ3) is 3.37. The molecule has 1 saturated heterocycles. The van der Waals surface area contributed by atoms with Crippen LogP contribution in [0.4, 0.5) is 0 Å². The maximum absolute atomic E-state index is 9.67. The Kier molecular flexibility index (Phi) is 4.43. The first kappa shape index (κ1) is 14.8. The van der Waals surface area contributed by atoms with E-state index in [1.165, 1.54) is 0 Å². The summed E-state index contributed by atoms with van der Waals surface area (Å²) in [5.74, 6) is 0.437. The molecule has 1 aliphatic rings. The van der Waals surface area contributed by atoms with Crippen LogP contribution in [0.1, 0.15) is 25.3 Å². The Hall–Kier alpha value is -1.16. The summed E-state index contributed by atoms with van der Waals surface area (Å²) in [5, 5.41) is 11.4. The van der Waals surface area contributed by atoms with Crippen molar-refractivity contribution >= 4 is 22.5 Å². The zero-order valence-electron chi connectivity index (χ0n) is 12.3. The molecule has 21 heavy (non-hydrogen) atoms. The molecule has 0 aliphatic carbocycles. The molecule has 1 fully saturated rings. The highest BCUT2D eigenvalue weighted by molar-refractivity contribution is 6.30. The number of rotatable bonds is 3. The van der Waals surface area contributed by atoms with Crippen LogP contribution in [0.3, 0.4) is 0 Å². The number of para-hydroxylation sites is 1. The maximum atomic E-state index is 9.67. The van der Waals surface area contributed by atoms with Crippen molar-refractivity contribution in [2.24, 2.45) is 5.92 Å². The smallest absolute Gasteiger partial charge is 0.134 e. The summed E-state index contributed by atoms with van der Waals surface area (Å²) in [7, 11) is 0. The molecule has 112 valence electrons. The fourth-order valence-electron chi connectivity index (χ4n) is 3.08. The molecular weight excluding hydrogens is 284 g/mol. The Morgan fingerprint density at radius 3 is 2.76 bits per heavy atom. The quantitative estimate of drug-likeness (QED) is 0.882. The van der Waals surface area contributed by atoms with Crippen molar-refractivity contribution in [3.05, 3.63) is 41.0 Å². The normalized spacial score (nSPS) is 19.0. The van der Waals surface area contributed by atoms with Gasteiger partial charge in [-0.15, -0.1) is 0 Å². The highest BCUT2D eigenvalue weighted by Crippen LogP contribution is 2.25. The van der Waals surface area contributed by atoms with Gasteiger partial charge < -0.3 is 5.11 Å². The predicted molar refractivity (Wildman–Crippen MR) is 86.4 cm³/mol. The predicted octanol–water partition coefficient (Wildman–Crippen LogP) is 3.48. The Morgan fingerprint density at radius 1 is 1.33 bits per heavy atom. The van der Waals surface area contributed by atoms with Crippen LogP contribution in [0.15, 0.2) is 30.3 Å². The van der Waals surface area contributed by atoms with Gasteiger partial charge in [-0.3, -0.25) is 4.90 Å². The van der Waals surface area contributed by atoms with Gasteiger partial charge in [0.15, 0.2) is 0 Å². The number of benzene rings is 1. The third-order valence-electron chi connectivity index (χ3n) is 4.46. The number of pyridine rings is 1. The number of halogens is 1. The molecular formula is C17H21ClN2O. The summed E-state index contributed by atoms with van der Waals surface area (Å²) in [6.07, 6.45) is 1.91. The van der Waals surface area contributed by atoms with Crippen molar-refractivity contribution in [2.45, 2.75) is 32.4 Å². The summed E-state index contributed by atoms with van der Waals surface area (Å²) in [6.45, 7) is 4.76. The second-order valence-electron chi connectivity index (χ2n) is 5.99. The molecule has 3 rings (SSSR count). The molecule has 0 amide bonds. The monoisotopic (exact) mass is 304 g/mol. The van der Waals surface area contributed by atoms with E-state index in [4.69, 9.17) is 11.6 Å². The standard InChI is InChI=1S/C17H21ClN2O/c1-12(21)13-6-8-20(9-7-13)11-15-10-14-4-2-3-5-16(14)19-17(15)18/h2-5,10,12-13,21H,6-9,11H2,1H3. The SMILES string of the molecule is CC(O)C1CCN(Cc2cc3ccccc3nc2Cl)CC1. The van der Waals surface area contributed by atoms with Gasteiger partial charge >= 0.3 is 0 Å². The van der Waals surface area contributed by atoms with E-state index in [0.717, 1.165) is 48.9 Å². The van der Waals surface area contributed by atoms with Gasteiger partial charge in [0.05, 0.1) is 11.6 Å². The zero-order chi connectivity index (χ0) is 14.8. The Balaban J connectivity index is 1.72. The number of likely N-dealkylation sites (tertiary alicyclic amines) is 1. The number of nitrogens with zero attached hydrogens (tertiary/aromatic N) is 2. The second-order valence-corrected chi connectivity index (χ2v) is 6.34. The van der Waals surface area contributed by atoms with E-state index in [1.54, 1.807) is 0 Å². The molecule has 1 N–H and O–H groups in total. The molecule has 0 bridgehead atoms. The largest absolute Gasteiger partial charge is 0.393 e. The Labute approximate surface area is 130 Å². The maximum Gasteiger partial charge on any atom is 0.134 e. The summed E-state index contributed by atoms with van der Waals surface area (Å²) < 4.78 is 0. The lowest BCUT2D eigenvalue weighted by atomic mass is 9.92. The highest BCUT2D eigenvalue weighted by Gasteiger charge is 2.23. The van der Waals surface area contributed by atoms with Crippen LogP contribution in [0.5, 0.6) is 0 Å². The van der Waals surface area contributed by atoms with Gasteiger partial charge in [-0.25, -0.2) is 4.98 Å². The van der Waals surface area contributed by atoms with Crippen LogP contribution < -0.4 is 0 Å². The Bertz CT molecular complexity index is 621. The van der Waals surface area contributed by atoms with Gasteiger partial charge in [-0.1, -0.05) is 29.8 Å². The van der Waals surface area contributed by atoms with Crippen molar-refractivity contribution in [3.8, 4) is 0 Å². The summed E-state index contributed by atoms with van der Waals surface area (Å²) in [5.41, 5.74) is 2.03. The minimum atomic E-state index is -0.196. The van der Waals surface area contributed by atoms with Crippen molar-refractivity contribution < 1.29 is 5.11 Å². The number of fused-ring (bicyclic) bond motifs is 1. The van der Waals surface area contributed by atoms with Gasteiger partial charge in [0.1, 0.15) is 5.15 Å². The van der Waals surface area contributed by atoms with Gasteiger partial charge in [0.2, 0.25) is 0 Å². The molecule has 3 nitrogen and oxygen atoms in total. The van der Waals surface area contributed by atoms with Crippen LogP contribution in [-0.4, -0.2) is 34.2 Å². The van der Waals surface area contributed by atoms with Gasteiger partial charge in [0, 0.05) is 17.5 Å². The molecule has 1 unspecified atom stereocenters. The number of hydrogen-bond acceptors (Lipinski definition) is 3. The zero-order valence-corrected chi connectivity index (χ0v) is 13.1. The van der Waals surface area contributed by atoms with Crippen LogP contribution in [0, 0.1) is 5.92 Å². The van der Waals surface area contributed by atoms with E-state index < -0.39 is 0 Å². The van der Waals surface area contributed by atoms with E-state index in [9.17, 15) is 5.11 Å². The number of aliphatic hydroxyl groups excluding tert-OH is 1. The van der Waals surface area contributed by atoms with Gasteiger partial charge in [-0.05, 0) is 50.9 Å². The average molecular weight is 305 g/mol. The van der Waals surface area contributed by atoms with E-state index in [2.05, 4.69) is 22.0 Å². The average Bonchev–Trinajstić information content (AvgIpc) is 2.48. The lowest BCUT2D eigenvalue weighted by molar-refractivity contribution is 0.0695. The van der Waals surface area contributed by atoms with Crippen LogP contribution in [0.25, 0.3) is 10.9 Å². The first-order chi connectivity index (χ1) is 10.1. The van der Waals surface area contributed by atoms with Gasteiger partial charge in [-0.2, -0.15) is 0 Å². The third-order valence-corrected chi connectivity index (χ3v) is 4.79. The van der Waals surface area contributed by atoms with Crippen molar-refractivity contribution in [2.75, 3.05) is 13.1 Å². The Morgan fingerprint density at radius 2 is 2.05 bits per heavy atom. The topological polar surface area (TPSA) is 36.4 Å². The first-order valence-corrected chi connectivity index (χ1v) is 7.96. The molecule has 0 radical (unpaired) electrons. The second kappa shape index (κ2) is 6.30. The number of aromatic nitrogens is 1. The number of piperidine rings is 1. The number of hydrogen-bond donors (Lipinski definition) is 1. The van der Waals surface area contributed by atoms with E-state index in [0.29, 0.717) is 11.1 Å².